The van der Waals surface area contributed by atoms with Crippen LogP contribution < -0.4 is 5.14 Å². The number of hydrogen-bond acceptors (Lipinski definition) is 3. The number of nitrogens with zero attached hydrogens (tertiary/aromatic N) is 1. The third kappa shape index (κ3) is 2.21. The van der Waals surface area contributed by atoms with Crippen LogP contribution in [0.1, 0.15) is 43.7 Å². The summed E-state index contributed by atoms with van der Waals surface area (Å²) < 4.78 is 22.6. The van der Waals surface area contributed by atoms with Crippen LogP contribution in [0.2, 0.25) is 0 Å². The van der Waals surface area contributed by atoms with Crippen LogP contribution >= 0.6 is 0 Å². The highest BCUT2D eigenvalue weighted by Crippen LogP contribution is 2.34. The van der Waals surface area contributed by atoms with Crippen LogP contribution in [-0.4, -0.2) is 18.6 Å². The second-order valence-corrected chi connectivity index (χ2v) is 5.56. The number of primary sulfonamides is 1. The number of nitrogens with two attached hydrogens (primary N) is 1. The van der Waals surface area contributed by atoms with Crippen molar-refractivity contribution in [3.63, 3.8) is 0 Å². The Hall–Kier alpha value is -0.880. The van der Waals surface area contributed by atoms with Crippen molar-refractivity contribution in [2.75, 3.05) is 0 Å². The van der Waals surface area contributed by atoms with Crippen LogP contribution in [0.15, 0.2) is 11.1 Å². The minimum Gasteiger partial charge on any atom is -0.281 e. The van der Waals surface area contributed by atoms with Crippen molar-refractivity contribution in [3.8, 4) is 0 Å². The average molecular weight is 229 g/mol. The first-order valence-corrected chi connectivity index (χ1v) is 6.70. The van der Waals surface area contributed by atoms with E-state index in [1.54, 1.807) is 0 Å². The summed E-state index contributed by atoms with van der Waals surface area (Å²) in [7, 11) is -3.63. The maximum absolute atomic E-state index is 11.3. The molecule has 1 fully saturated rings. The molecule has 1 aliphatic carbocycles. The summed E-state index contributed by atoms with van der Waals surface area (Å²) in [6.07, 6.45) is 6.87. The molecule has 0 aromatic carbocycles. The minimum absolute atomic E-state index is 0.161. The maximum Gasteiger partial charge on any atom is 0.241 e. The number of H-pyrrole nitrogens is 1. The summed E-state index contributed by atoms with van der Waals surface area (Å²) >= 11 is 0. The topological polar surface area (TPSA) is 88.8 Å². The lowest BCUT2D eigenvalue weighted by Crippen LogP contribution is -2.16. The zero-order valence-corrected chi connectivity index (χ0v) is 9.26. The Kier molecular flexibility index (Phi) is 2.79. The quantitative estimate of drug-likeness (QED) is 0.796. The van der Waals surface area contributed by atoms with Gasteiger partial charge in [0.15, 0.2) is 0 Å². The summed E-state index contributed by atoms with van der Waals surface area (Å²) in [4.78, 5) is 0.161. The van der Waals surface area contributed by atoms with E-state index in [4.69, 9.17) is 5.14 Å². The maximum atomic E-state index is 11.3. The number of aromatic nitrogens is 2. The van der Waals surface area contributed by atoms with Gasteiger partial charge >= 0.3 is 0 Å². The van der Waals surface area contributed by atoms with Crippen molar-refractivity contribution in [1.29, 1.82) is 0 Å². The molecule has 0 atom stereocenters. The fourth-order valence-electron chi connectivity index (χ4n) is 2.20. The first kappa shape index (κ1) is 10.6. The van der Waals surface area contributed by atoms with E-state index >= 15 is 0 Å². The fourth-order valence-corrected chi connectivity index (χ4v) is 2.91. The van der Waals surface area contributed by atoms with Gasteiger partial charge in [0.1, 0.15) is 4.90 Å². The molecule has 1 saturated carbocycles. The van der Waals surface area contributed by atoms with E-state index < -0.39 is 10.0 Å². The van der Waals surface area contributed by atoms with Crippen LogP contribution in [0.5, 0.6) is 0 Å². The Bertz CT molecular complexity index is 432. The van der Waals surface area contributed by atoms with E-state index in [1.807, 2.05) is 0 Å². The fraction of sp³-hybridized carbons (Fsp3) is 0.667. The Labute approximate surface area is 89.1 Å². The zero-order chi connectivity index (χ0) is 10.9. The van der Waals surface area contributed by atoms with E-state index in [-0.39, 0.29) is 10.8 Å². The molecule has 3 N–H and O–H groups in total. The molecule has 0 aliphatic heterocycles. The second kappa shape index (κ2) is 3.94. The molecular weight excluding hydrogens is 214 g/mol. The van der Waals surface area contributed by atoms with Gasteiger partial charge in [0.2, 0.25) is 10.0 Å². The molecule has 0 spiro atoms. The van der Waals surface area contributed by atoms with Crippen LogP contribution in [0.3, 0.4) is 0 Å². The van der Waals surface area contributed by atoms with Crippen molar-refractivity contribution < 1.29 is 8.42 Å². The average Bonchev–Trinajstić information content (AvgIpc) is 2.67. The summed E-state index contributed by atoms with van der Waals surface area (Å²) in [5.74, 6) is 0.273. The standard InChI is InChI=1S/C9H15N3O2S/c10-15(13,14)8-6-11-12-9(8)7-4-2-1-3-5-7/h6-7H,1-5H2,(H,11,12)(H2,10,13,14). The highest BCUT2D eigenvalue weighted by Gasteiger charge is 2.24. The largest absolute Gasteiger partial charge is 0.281 e. The molecule has 1 aliphatic rings. The number of sulfonamides is 1. The predicted molar refractivity (Wildman–Crippen MR) is 55.8 cm³/mol. The Morgan fingerprint density at radius 2 is 2.00 bits per heavy atom. The first-order chi connectivity index (χ1) is 7.09. The lowest BCUT2D eigenvalue weighted by atomic mass is 9.87. The molecule has 0 amide bonds. The van der Waals surface area contributed by atoms with Crippen molar-refractivity contribution in [2.24, 2.45) is 5.14 Å². The molecule has 0 unspecified atom stereocenters. The Balaban J connectivity index is 2.32. The van der Waals surface area contributed by atoms with E-state index in [9.17, 15) is 8.42 Å². The molecule has 1 aromatic rings. The van der Waals surface area contributed by atoms with Crippen molar-refractivity contribution in [2.45, 2.75) is 42.9 Å². The highest BCUT2D eigenvalue weighted by atomic mass is 32.2. The highest BCUT2D eigenvalue weighted by molar-refractivity contribution is 7.89. The molecule has 1 heterocycles. The zero-order valence-electron chi connectivity index (χ0n) is 8.44. The van der Waals surface area contributed by atoms with Gasteiger partial charge < -0.3 is 0 Å². The lowest BCUT2D eigenvalue weighted by molar-refractivity contribution is 0.431. The monoisotopic (exact) mass is 229 g/mol. The molecule has 6 heteroatoms. The van der Waals surface area contributed by atoms with Gasteiger partial charge in [-0.15, -0.1) is 0 Å². The van der Waals surface area contributed by atoms with Gasteiger partial charge in [-0.2, -0.15) is 5.10 Å². The minimum atomic E-state index is -3.63. The number of rotatable bonds is 2. The van der Waals surface area contributed by atoms with Gasteiger partial charge in [0.05, 0.1) is 11.9 Å². The molecule has 15 heavy (non-hydrogen) atoms. The Morgan fingerprint density at radius 1 is 1.33 bits per heavy atom. The number of nitrogens with one attached hydrogen (secondary N) is 1. The van der Waals surface area contributed by atoms with E-state index in [2.05, 4.69) is 10.2 Å². The normalized spacial score (nSPS) is 19.3. The summed E-state index contributed by atoms with van der Waals surface area (Å²) in [6, 6.07) is 0. The molecule has 84 valence electrons. The third-order valence-electron chi connectivity index (χ3n) is 2.95. The van der Waals surface area contributed by atoms with E-state index in [0.717, 1.165) is 25.7 Å². The van der Waals surface area contributed by atoms with Gasteiger partial charge in [0, 0.05) is 5.92 Å². The van der Waals surface area contributed by atoms with Crippen molar-refractivity contribution in [3.05, 3.63) is 11.9 Å². The summed E-state index contributed by atoms with van der Waals surface area (Å²) in [5, 5.41) is 11.7. The van der Waals surface area contributed by atoms with Gasteiger partial charge in [-0.25, -0.2) is 13.6 Å². The van der Waals surface area contributed by atoms with Crippen molar-refractivity contribution in [1.82, 2.24) is 10.2 Å². The summed E-state index contributed by atoms with van der Waals surface area (Å²) in [6.45, 7) is 0. The number of aromatic amines is 1. The van der Waals surface area contributed by atoms with Crippen LogP contribution in [0, 0.1) is 0 Å². The van der Waals surface area contributed by atoms with Crippen LogP contribution in [0.25, 0.3) is 0 Å². The van der Waals surface area contributed by atoms with Gasteiger partial charge in [-0.1, -0.05) is 19.3 Å². The smallest absolute Gasteiger partial charge is 0.241 e. The van der Waals surface area contributed by atoms with Gasteiger partial charge in [0.25, 0.3) is 0 Å². The lowest BCUT2D eigenvalue weighted by Gasteiger charge is -2.20. The Morgan fingerprint density at radius 3 is 2.60 bits per heavy atom. The SMILES string of the molecule is NS(=O)(=O)c1cn[nH]c1C1CCCCC1. The molecule has 0 radical (unpaired) electrons. The first-order valence-electron chi connectivity index (χ1n) is 5.15. The molecule has 0 saturated heterocycles. The molecule has 2 rings (SSSR count). The van der Waals surface area contributed by atoms with E-state index in [1.165, 1.54) is 12.6 Å². The molecule has 0 bridgehead atoms. The number of hydrogen-bond donors (Lipinski definition) is 2. The van der Waals surface area contributed by atoms with Gasteiger partial charge in [-0.3, -0.25) is 5.10 Å². The van der Waals surface area contributed by atoms with Crippen LogP contribution in [-0.2, 0) is 10.0 Å². The van der Waals surface area contributed by atoms with E-state index in [0.29, 0.717) is 5.69 Å². The van der Waals surface area contributed by atoms with Gasteiger partial charge in [-0.05, 0) is 12.8 Å². The summed E-state index contributed by atoms with van der Waals surface area (Å²) in [5.41, 5.74) is 0.692. The second-order valence-electron chi connectivity index (χ2n) is 4.03. The molecular formula is C9H15N3O2S. The third-order valence-corrected chi connectivity index (χ3v) is 3.89. The predicted octanol–water partition coefficient (Wildman–Crippen LogP) is 1.10. The van der Waals surface area contributed by atoms with Crippen LogP contribution in [0.4, 0.5) is 0 Å². The molecule has 5 nitrogen and oxygen atoms in total. The molecule has 1 aromatic heterocycles. The van der Waals surface area contributed by atoms with Crippen molar-refractivity contribution >= 4 is 10.0 Å².